The molecule has 4 aromatic rings. The fourth-order valence-electron chi connectivity index (χ4n) is 5.19. The van der Waals surface area contributed by atoms with Crippen LogP contribution in [0.5, 0.6) is 0 Å². The number of rotatable bonds is 7. The number of nitrogens with two attached hydrogens (primary N) is 2. The van der Waals surface area contributed by atoms with Crippen LogP contribution >= 0.6 is 0 Å². The van der Waals surface area contributed by atoms with Gasteiger partial charge in [-0.1, -0.05) is 49.4 Å². The highest BCUT2D eigenvalue weighted by atomic mass is 16.2. The summed E-state index contributed by atoms with van der Waals surface area (Å²) >= 11 is 0. The number of fused-ring (bicyclic) bond motifs is 2. The molecule has 1 saturated heterocycles. The number of imide groups is 1. The molecule has 6 N–H and O–H groups in total. The van der Waals surface area contributed by atoms with E-state index in [-0.39, 0.29) is 17.7 Å². The first kappa shape index (κ1) is 29.5. The summed E-state index contributed by atoms with van der Waals surface area (Å²) in [5.41, 5.74) is 15.6. The van der Waals surface area contributed by atoms with Gasteiger partial charge < -0.3 is 21.7 Å². The van der Waals surface area contributed by atoms with Gasteiger partial charge in [0.25, 0.3) is 5.91 Å². The molecule has 3 aromatic carbocycles. The van der Waals surface area contributed by atoms with Gasteiger partial charge >= 0.3 is 0 Å². The van der Waals surface area contributed by atoms with Crippen LogP contribution in [0.25, 0.3) is 21.8 Å². The molecule has 0 radical (unpaired) electrons. The molecule has 0 spiro atoms. The lowest BCUT2D eigenvalue weighted by Gasteiger charge is -2.34. The van der Waals surface area contributed by atoms with E-state index in [0.717, 1.165) is 34.8 Å². The molecule has 9 heteroatoms. The number of anilines is 2. The predicted molar refractivity (Wildman–Crippen MR) is 164 cm³/mol. The van der Waals surface area contributed by atoms with Crippen LogP contribution in [0.2, 0.25) is 0 Å². The Morgan fingerprint density at radius 3 is 2.39 bits per heavy atom. The third-order valence-corrected chi connectivity index (χ3v) is 7.60. The second kappa shape index (κ2) is 12.8. The largest absolute Gasteiger partial charge is 0.399 e. The Bertz CT molecular complexity index is 1570. The summed E-state index contributed by atoms with van der Waals surface area (Å²) in [7, 11) is 4.04. The number of nitrogens with one attached hydrogen (secondary N) is 2. The first-order valence-electron chi connectivity index (χ1n) is 13.9. The highest BCUT2D eigenvalue weighted by Crippen LogP contribution is 2.36. The molecule has 5 rings (SSSR count). The third-order valence-electron chi connectivity index (χ3n) is 7.60. The van der Waals surface area contributed by atoms with Crippen molar-refractivity contribution in [1.82, 2.24) is 20.5 Å². The Balaban J connectivity index is 0.000000201. The molecule has 1 unspecified atom stereocenters. The van der Waals surface area contributed by atoms with Gasteiger partial charge in [-0.15, -0.1) is 0 Å². The number of pyridine rings is 1. The van der Waals surface area contributed by atoms with E-state index in [9.17, 15) is 14.4 Å². The summed E-state index contributed by atoms with van der Waals surface area (Å²) in [4.78, 5) is 42.6. The van der Waals surface area contributed by atoms with Gasteiger partial charge in [0.15, 0.2) is 0 Å². The summed E-state index contributed by atoms with van der Waals surface area (Å²) in [5, 5.41) is 7.12. The van der Waals surface area contributed by atoms with Crippen LogP contribution in [0, 0.1) is 0 Å². The molecule has 0 aliphatic carbocycles. The molecule has 1 aromatic heterocycles. The van der Waals surface area contributed by atoms with Gasteiger partial charge in [0.1, 0.15) is 0 Å². The SMILES string of the molecule is CCC1(c2ccc(N)cc2)CCC(=O)NC1=O.CN(C)CCCNC(=O)c1cccc2c(N)c3ccccc3nc12. The maximum Gasteiger partial charge on any atom is 0.253 e. The molecular weight excluding hydrogens is 516 g/mol. The number of hydrogen-bond donors (Lipinski definition) is 4. The first-order valence-corrected chi connectivity index (χ1v) is 13.9. The number of nitrogens with zero attached hydrogens (tertiary/aromatic N) is 2. The maximum absolute atomic E-state index is 12.5. The third kappa shape index (κ3) is 6.47. The molecule has 41 heavy (non-hydrogen) atoms. The van der Waals surface area contributed by atoms with Crippen molar-refractivity contribution in [1.29, 1.82) is 0 Å². The van der Waals surface area contributed by atoms with Crippen molar-refractivity contribution in [3.63, 3.8) is 0 Å². The number of hydrogen-bond acceptors (Lipinski definition) is 7. The van der Waals surface area contributed by atoms with Crippen LogP contribution in [0.4, 0.5) is 11.4 Å². The summed E-state index contributed by atoms with van der Waals surface area (Å²) < 4.78 is 0. The second-order valence-corrected chi connectivity index (χ2v) is 10.6. The van der Waals surface area contributed by atoms with E-state index < -0.39 is 5.41 Å². The van der Waals surface area contributed by atoms with Crippen LogP contribution in [-0.2, 0) is 15.0 Å². The number of carbonyl (C=O) groups excluding carboxylic acids is 3. The highest BCUT2D eigenvalue weighted by molar-refractivity contribution is 6.13. The average Bonchev–Trinajstić information content (AvgIpc) is 2.96. The minimum atomic E-state index is -0.582. The molecule has 0 bridgehead atoms. The monoisotopic (exact) mass is 554 g/mol. The van der Waals surface area contributed by atoms with Crippen molar-refractivity contribution in [3.8, 4) is 0 Å². The van der Waals surface area contributed by atoms with Crippen LogP contribution in [0.1, 0.15) is 48.5 Å². The van der Waals surface area contributed by atoms with Gasteiger partial charge in [-0.05, 0) is 69.7 Å². The zero-order valence-electron chi connectivity index (χ0n) is 23.9. The number of piperidine rings is 1. The first-order chi connectivity index (χ1) is 19.7. The van der Waals surface area contributed by atoms with Crippen molar-refractivity contribution >= 4 is 50.9 Å². The van der Waals surface area contributed by atoms with E-state index in [1.807, 2.05) is 69.6 Å². The van der Waals surface area contributed by atoms with Gasteiger partial charge in [0, 0.05) is 29.4 Å². The van der Waals surface area contributed by atoms with Crippen LogP contribution in [0.3, 0.4) is 0 Å². The van der Waals surface area contributed by atoms with Crippen molar-refractivity contribution in [3.05, 3.63) is 77.9 Å². The number of nitrogen functional groups attached to an aromatic ring is 2. The van der Waals surface area contributed by atoms with Gasteiger partial charge in [-0.2, -0.15) is 0 Å². The number of carbonyl (C=O) groups is 3. The lowest BCUT2D eigenvalue weighted by Crippen LogP contribution is -2.51. The van der Waals surface area contributed by atoms with Crippen molar-refractivity contribution < 1.29 is 14.4 Å². The molecule has 3 amide bonds. The Labute approximate surface area is 240 Å². The topological polar surface area (TPSA) is 143 Å². The zero-order chi connectivity index (χ0) is 29.6. The predicted octanol–water partition coefficient (Wildman–Crippen LogP) is 4.00. The number of amides is 3. The summed E-state index contributed by atoms with van der Waals surface area (Å²) in [6.45, 7) is 3.54. The smallest absolute Gasteiger partial charge is 0.253 e. The highest BCUT2D eigenvalue weighted by Gasteiger charge is 2.42. The Kier molecular flexibility index (Phi) is 9.19. The minimum Gasteiger partial charge on any atom is -0.399 e. The fourth-order valence-corrected chi connectivity index (χ4v) is 5.19. The molecule has 1 aliphatic heterocycles. The van der Waals surface area contributed by atoms with E-state index in [1.54, 1.807) is 18.2 Å². The number of benzene rings is 3. The van der Waals surface area contributed by atoms with E-state index in [1.165, 1.54) is 0 Å². The fraction of sp³-hybridized carbons (Fsp3) is 0.312. The Hall–Kier alpha value is -4.50. The normalized spacial score (nSPS) is 16.8. The van der Waals surface area contributed by atoms with E-state index in [2.05, 4.69) is 20.5 Å². The lowest BCUT2D eigenvalue weighted by atomic mass is 9.72. The molecule has 1 aliphatic rings. The number of para-hydroxylation sites is 2. The van der Waals surface area contributed by atoms with Gasteiger partial charge in [-0.25, -0.2) is 4.98 Å². The standard InChI is InChI=1S/C19H22N4O.C13H16N2O2/c1-23(2)12-6-11-21-19(24)15-9-5-8-14-17(20)13-7-3-4-10-16(13)22-18(14)15;1-2-13(8-7-11(16)15-12(13)17)9-3-5-10(14)6-4-9/h3-5,7-10H,6,11-12H2,1-2H3,(H2,20,22)(H,21,24);3-6H,2,7-8,14H2,1H3,(H,15,16,17). The molecule has 9 nitrogen and oxygen atoms in total. The van der Waals surface area contributed by atoms with Crippen LogP contribution in [0.15, 0.2) is 66.7 Å². The Morgan fingerprint density at radius 1 is 1.00 bits per heavy atom. The van der Waals surface area contributed by atoms with Crippen molar-refractivity contribution in [2.45, 2.75) is 38.0 Å². The molecule has 0 saturated carbocycles. The van der Waals surface area contributed by atoms with Crippen LogP contribution < -0.4 is 22.1 Å². The Morgan fingerprint density at radius 2 is 1.71 bits per heavy atom. The summed E-state index contributed by atoms with van der Waals surface area (Å²) in [6.07, 6.45) is 2.54. The molecule has 2 heterocycles. The summed E-state index contributed by atoms with van der Waals surface area (Å²) in [6, 6.07) is 20.6. The molecule has 1 fully saturated rings. The van der Waals surface area contributed by atoms with Gasteiger partial charge in [0.2, 0.25) is 11.8 Å². The van der Waals surface area contributed by atoms with E-state index >= 15 is 0 Å². The van der Waals surface area contributed by atoms with E-state index in [4.69, 9.17) is 11.5 Å². The maximum atomic E-state index is 12.5. The second-order valence-electron chi connectivity index (χ2n) is 10.6. The van der Waals surface area contributed by atoms with E-state index in [0.29, 0.717) is 48.3 Å². The average molecular weight is 555 g/mol. The summed E-state index contributed by atoms with van der Waals surface area (Å²) in [5.74, 6) is -0.489. The lowest BCUT2D eigenvalue weighted by molar-refractivity contribution is -0.138. The molecular formula is C32H38N6O3. The van der Waals surface area contributed by atoms with Crippen molar-refractivity contribution in [2.75, 3.05) is 38.7 Å². The minimum absolute atomic E-state index is 0.110. The van der Waals surface area contributed by atoms with Gasteiger partial charge in [0.05, 0.1) is 27.7 Å². The zero-order valence-corrected chi connectivity index (χ0v) is 23.9. The molecule has 214 valence electrons. The van der Waals surface area contributed by atoms with Crippen molar-refractivity contribution in [2.24, 2.45) is 0 Å². The quantitative estimate of drug-likeness (QED) is 0.117. The van der Waals surface area contributed by atoms with Crippen LogP contribution in [-0.4, -0.2) is 54.8 Å². The molecule has 1 atom stereocenters. The van der Waals surface area contributed by atoms with Gasteiger partial charge in [-0.3, -0.25) is 19.7 Å². The number of aromatic nitrogens is 1.